The lowest BCUT2D eigenvalue weighted by atomic mass is 9.49. The maximum absolute atomic E-state index is 11.4. The van der Waals surface area contributed by atoms with Crippen LogP contribution in [-0.2, 0) is 14.2 Å². The molecule has 0 aromatic heterocycles. The van der Waals surface area contributed by atoms with E-state index >= 15 is 0 Å². The van der Waals surface area contributed by atoms with Crippen molar-refractivity contribution in [3.8, 4) is 0 Å². The molecule has 0 radical (unpaired) electrons. The highest BCUT2D eigenvalue weighted by atomic mass is 35.5. The summed E-state index contributed by atoms with van der Waals surface area (Å²) < 4.78 is 18.2. The lowest BCUT2D eigenvalue weighted by Gasteiger charge is -2.55. The molecule has 9 unspecified atom stereocenters. The van der Waals surface area contributed by atoms with E-state index in [4.69, 9.17) is 25.8 Å². The first-order chi connectivity index (χ1) is 14.1. The molecule has 9 atom stereocenters. The molecule has 3 aliphatic carbocycles. The smallest absolute Gasteiger partial charge is 0.145 e. The Balaban J connectivity index is 1.48. The van der Waals surface area contributed by atoms with Crippen LogP contribution in [-0.4, -0.2) is 57.8 Å². The molecule has 1 spiro atoms. The molecule has 2 saturated carbocycles. The van der Waals surface area contributed by atoms with Crippen LogP contribution in [0.25, 0.3) is 0 Å². The molecule has 5 rings (SSSR count). The molecule has 2 aliphatic heterocycles. The summed E-state index contributed by atoms with van der Waals surface area (Å²) >= 11 is 6.71. The molecule has 0 bridgehead atoms. The summed E-state index contributed by atoms with van der Waals surface area (Å²) in [7, 11) is 0. The Hall–Kier alpha value is -0.590. The predicted octanol–water partition coefficient (Wildman–Crippen LogP) is 3.56. The van der Waals surface area contributed by atoms with Crippen molar-refractivity contribution < 1.29 is 24.4 Å². The lowest BCUT2D eigenvalue weighted by molar-refractivity contribution is -0.135. The van der Waals surface area contributed by atoms with Crippen molar-refractivity contribution in [2.24, 2.45) is 23.2 Å². The second-order valence-electron chi connectivity index (χ2n) is 10.9. The molecule has 0 aromatic rings. The molecule has 5 nitrogen and oxygen atoms in total. The van der Waals surface area contributed by atoms with Gasteiger partial charge in [0.1, 0.15) is 23.4 Å². The third-order valence-electron chi connectivity index (χ3n) is 8.76. The van der Waals surface area contributed by atoms with Crippen LogP contribution in [0.5, 0.6) is 0 Å². The summed E-state index contributed by atoms with van der Waals surface area (Å²) in [6, 6.07) is 0. The van der Waals surface area contributed by atoms with Crippen molar-refractivity contribution in [1.82, 2.24) is 0 Å². The van der Waals surface area contributed by atoms with Crippen molar-refractivity contribution in [2.75, 3.05) is 6.61 Å². The van der Waals surface area contributed by atoms with Gasteiger partial charge >= 0.3 is 0 Å². The van der Waals surface area contributed by atoms with E-state index in [1.165, 1.54) is 5.57 Å². The van der Waals surface area contributed by atoms with E-state index in [1.54, 1.807) is 0 Å². The molecule has 2 N–H and O–H groups in total. The minimum Gasteiger partial charge on any atom is -0.495 e. The number of aliphatic hydroxyl groups is 2. The number of epoxide rings is 1. The Bertz CT molecular complexity index is 792. The molecule has 0 amide bonds. The number of rotatable bonds is 4. The number of hydrogen-bond acceptors (Lipinski definition) is 5. The highest BCUT2D eigenvalue weighted by Gasteiger charge is 2.77. The van der Waals surface area contributed by atoms with Crippen LogP contribution in [0.2, 0.25) is 0 Å². The molecule has 168 valence electrons. The summed E-state index contributed by atoms with van der Waals surface area (Å²) in [5.74, 6) is 0.496. The van der Waals surface area contributed by atoms with Crippen molar-refractivity contribution in [2.45, 2.75) is 94.9 Å². The molecular weight excluding hydrogens is 404 g/mol. The minimum absolute atomic E-state index is 0.0801. The third kappa shape index (κ3) is 2.56. The number of alkyl halides is 1. The van der Waals surface area contributed by atoms with Gasteiger partial charge in [-0.25, -0.2) is 0 Å². The molecule has 1 saturated heterocycles. The summed E-state index contributed by atoms with van der Waals surface area (Å²) in [6.45, 7) is 10.8. The maximum atomic E-state index is 11.4. The second kappa shape index (κ2) is 6.71. The third-order valence-corrected chi connectivity index (χ3v) is 9.24. The van der Waals surface area contributed by atoms with E-state index in [9.17, 15) is 10.2 Å². The van der Waals surface area contributed by atoms with Crippen molar-refractivity contribution >= 4 is 11.6 Å². The molecule has 6 heteroatoms. The fourth-order valence-corrected chi connectivity index (χ4v) is 7.35. The topological polar surface area (TPSA) is 71.5 Å². The van der Waals surface area contributed by atoms with E-state index in [1.807, 2.05) is 40.0 Å². The zero-order chi connectivity index (χ0) is 21.6. The van der Waals surface area contributed by atoms with E-state index in [-0.39, 0.29) is 29.6 Å². The normalized spacial score (nSPS) is 51.4. The first-order valence-electron chi connectivity index (χ1n) is 11.5. The fraction of sp³-hybridized carbons (Fsp3) is 0.833. The van der Waals surface area contributed by atoms with Gasteiger partial charge in [-0.05, 0) is 61.5 Å². The number of halogens is 1. The predicted molar refractivity (Wildman–Crippen MR) is 114 cm³/mol. The summed E-state index contributed by atoms with van der Waals surface area (Å²) in [5, 5.41) is 22.1. The molecule has 3 fully saturated rings. The van der Waals surface area contributed by atoms with Crippen LogP contribution >= 0.6 is 11.6 Å². The van der Waals surface area contributed by atoms with Crippen molar-refractivity contribution in [3.63, 3.8) is 0 Å². The molecule has 2 heterocycles. The van der Waals surface area contributed by atoms with Gasteiger partial charge in [-0.1, -0.05) is 26.8 Å². The summed E-state index contributed by atoms with van der Waals surface area (Å²) in [5.41, 5.74) is 0.114. The van der Waals surface area contributed by atoms with Crippen molar-refractivity contribution in [1.29, 1.82) is 0 Å². The average molecular weight is 439 g/mol. The van der Waals surface area contributed by atoms with Gasteiger partial charge in [0.15, 0.2) is 0 Å². The minimum atomic E-state index is -1.39. The quantitative estimate of drug-likeness (QED) is 0.399. The van der Waals surface area contributed by atoms with Crippen LogP contribution in [0, 0.1) is 23.2 Å². The van der Waals surface area contributed by atoms with Crippen LogP contribution in [0.4, 0.5) is 0 Å². The molecule has 30 heavy (non-hydrogen) atoms. The van der Waals surface area contributed by atoms with Gasteiger partial charge in [0, 0.05) is 5.92 Å². The highest BCUT2D eigenvalue weighted by Crippen LogP contribution is 2.70. The van der Waals surface area contributed by atoms with E-state index in [2.05, 4.69) is 6.92 Å². The Morgan fingerprint density at radius 2 is 2.03 bits per heavy atom. The van der Waals surface area contributed by atoms with Crippen LogP contribution < -0.4 is 0 Å². The van der Waals surface area contributed by atoms with Gasteiger partial charge in [-0.2, -0.15) is 0 Å². The zero-order valence-corrected chi connectivity index (χ0v) is 19.4. The number of fused-ring (bicyclic) bond motifs is 4. The van der Waals surface area contributed by atoms with Crippen LogP contribution in [0.1, 0.15) is 53.9 Å². The molecule has 5 aliphatic rings. The number of hydrogen-bond donors (Lipinski definition) is 2. The van der Waals surface area contributed by atoms with Crippen LogP contribution in [0.15, 0.2) is 23.5 Å². The van der Waals surface area contributed by atoms with Gasteiger partial charge in [-0.15, -0.1) is 11.6 Å². The molecular formula is C24H35ClO5. The highest BCUT2D eigenvalue weighted by molar-refractivity contribution is 6.23. The van der Waals surface area contributed by atoms with Gasteiger partial charge in [0.2, 0.25) is 0 Å². The van der Waals surface area contributed by atoms with Crippen LogP contribution in [0.3, 0.4) is 0 Å². The average Bonchev–Trinajstić information content (AvgIpc) is 3.26. The standard InChI is InChI=1S/C24H35ClO5/c1-12(2)23(27)19(25)9-18-22(5)7-6-14-15(10-29-17(14)11-28-13(3)4)16(22)8-20-24(18,30-20)21(23)26/h9-10,12-14,16-17,19-21,26-27H,6-8,11H2,1-5H3. The van der Waals surface area contributed by atoms with E-state index in [0.29, 0.717) is 18.4 Å². The first kappa shape index (κ1) is 21.3. The number of ether oxygens (including phenoxy) is 3. The Morgan fingerprint density at radius 3 is 2.70 bits per heavy atom. The fourth-order valence-electron chi connectivity index (χ4n) is 6.85. The first-order valence-corrected chi connectivity index (χ1v) is 11.9. The summed E-state index contributed by atoms with van der Waals surface area (Å²) in [4.78, 5) is 0. The van der Waals surface area contributed by atoms with Gasteiger partial charge in [0.05, 0.1) is 30.5 Å². The van der Waals surface area contributed by atoms with E-state index < -0.39 is 22.7 Å². The van der Waals surface area contributed by atoms with Gasteiger partial charge in [-0.3, -0.25) is 0 Å². The number of aliphatic hydroxyl groups excluding tert-OH is 1. The van der Waals surface area contributed by atoms with Crippen molar-refractivity contribution in [3.05, 3.63) is 23.5 Å². The Morgan fingerprint density at radius 1 is 1.30 bits per heavy atom. The lowest BCUT2D eigenvalue weighted by Crippen LogP contribution is -2.66. The summed E-state index contributed by atoms with van der Waals surface area (Å²) in [6.07, 6.45) is 5.99. The van der Waals surface area contributed by atoms with Gasteiger partial charge in [0.25, 0.3) is 0 Å². The maximum Gasteiger partial charge on any atom is 0.145 e. The zero-order valence-electron chi connectivity index (χ0n) is 18.6. The second-order valence-corrected chi connectivity index (χ2v) is 11.3. The SMILES string of the molecule is CC(C)OCC1OC=C2C1CCC1(C)C3=CC(Cl)C(O)(C(C)C)C(O)C34OC4CC21. The van der Waals surface area contributed by atoms with Gasteiger partial charge < -0.3 is 24.4 Å². The van der Waals surface area contributed by atoms with E-state index in [0.717, 1.165) is 24.8 Å². The Kier molecular flexibility index (Phi) is 4.75. The largest absolute Gasteiger partial charge is 0.495 e. The molecule has 0 aromatic carbocycles. The monoisotopic (exact) mass is 438 g/mol. The Labute approximate surface area is 184 Å².